The Bertz CT molecular complexity index is 844. The highest BCUT2D eigenvalue weighted by molar-refractivity contribution is 7.12. The monoisotopic (exact) mass is 326 g/mol. The maximum atomic E-state index is 11.9. The molecule has 0 aromatic carbocycles. The Morgan fingerprint density at radius 1 is 1.17 bits per heavy atom. The first-order chi connectivity index (χ1) is 11.2. The molecule has 0 aliphatic carbocycles. The normalized spacial score (nSPS) is 10.4. The molecular formula is C16H14N4O2S. The summed E-state index contributed by atoms with van der Waals surface area (Å²) in [5.41, 5.74) is 1.38. The molecule has 0 aliphatic rings. The minimum Gasteiger partial charge on any atom is -0.349 e. The SMILES string of the molecule is O=C(NCCn1nc(-c2ccncc2)ccc1=O)c1cccs1. The molecule has 23 heavy (non-hydrogen) atoms. The van der Waals surface area contributed by atoms with Gasteiger partial charge in [-0.1, -0.05) is 6.07 Å². The van der Waals surface area contributed by atoms with E-state index in [1.165, 1.54) is 22.1 Å². The molecule has 0 saturated carbocycles. The van der Waals surface area contributed by atoms with Gasteiger partial charge < -0.3 is 5.32 Å². The van der Waals surface area contributed by atoms with Gasteiger partial charge in [0.25, 0.3) is 11.5 Å². The third-order valence-electron chi connectivity index (χ3n) is 3.20. The number of carbonyl (C=O) groups is 1. The number of rotatable bonds is 5. The molecule has 0 bridgehead atoms. The minimum absolute atomic E-state index is 0.140. The van der Waals surface area contributed by atoms with Gasteiger partial charge in [0.05, 0.1) is 17.1 Å². The van der Waals surface area contributed by atoms with Crippen molar-refractivity contribution in [3.63, 3.8) is 0 Å². The van der Waals surface area contributed by atoms with Crippen molar-refractivity contribution < 1.29 is 4.79 Å². The van der Waals surface area contributed by atoms with Crippen LogP contribution in [-0.4, -0.2) is 27.2 Å². The molecule has 116 valence electrons. The first kappa shape index (κ1) is 15.1. The van der Waals surface area contributed by atoms with Crippen LogP contribution in [0, 0.1) is 0 Å². The number of thiophene rings is 1. The summed E-state index contributed by atoms with van der Waals surface area (Å²) >= 11 is 1.38. The van der Waals surface area contributed by atoms with Crippen LogP contribution in [0.25, 0.3) is 11.3 Å². The van der Waals surface area contributed by atoms with Gasteiger partial charge in [-0.3, -0.25) is 14.6 Å². The van der Waals surface area contributed by atoms with Gasteiger partial charge in [0, 0.05) is 30.6 Å². The molecule has 7 heteroatoms. The molecule has 0 unspecified atom stereocenters. The largest absolute Gasteiger partial charge is 0.349 e. The fraction of sp³-hybridized carbons (Fsp3) is 0.125. The lowest BCUT2D eigenvalue weighted by Gasteiger charge is -2.08. The number of aromatic nitrogens is 3. The van der Waals surface area contributed by atoms with Crippen LogP contribution in [-0.2, 0) is 6.54 Å². The van der Waals surface area contributed by atoms with E-state index in [1.807, 2.05) is 23.6 Å². The van der Waals surface area contributed by atoms with Crippen LogP contribution >= 0.6 is 11.3 Å². The lowest BCUT2D eigenvalue weighted by atomic mass is 10.2. The lowest BCUT2D eigenvalue weighted by Crippen LogP contribution is -2.31. The standard InChI is InChI=1S/C16H14N4O2S/c21-15-4-3-13(12-5-7-17-8-6-12)19-20(15)10-9-18-16(22)14-2-1-11-23-14/h1-8,11H,9-10H2,(H,18,22). The fourth-order valence-electron chi connectivity index (χ4n) is 2.06. The van der Waals surface area contributed by atoms with Gasteiger partial charge in [-0.2, -0.15) is 5.10 Å². The highest BCUT2D eigenvalue weighted by Crippen LogP contribution is 2.13. The van der Waals surface area contributed by atoms with Crippen molar-refractivity contribution in [3.8, 4) is 11.3 Å². The van der Waals surface area contributed by atoms with E-state index in [2.05, 4.69) is 15.4 Å². The van der Waals surface area contributed by atoms with Crippen molar-refractivity contribution in [3.05, 3.63) is 69.4 Å². The van der Waals surface area contributed by atoms with Crippen LogP contribution in [0.3, 0.4) is 0 Å². The van der Waals surface area contributed by atoms with Crippen molar-refractivity contribution in [2.75, 3.05) is 6.54 Å². The zero-order chi connectivity index (χ0) is 16.1. The number of pyridine rings is 1. The summed E-state index contributed by atoms with van der Waals surface area (Å²) in [6.07, 6.45) is 3.35. The topological polar surface area (TPSA) is 76.9 Å². The maximum Gasteiger partial charge on any atom is 0.266 e. The smallest absolute Gasteiger partial charge is 0.266 e. The second-order valence-electron chi connectivity index (χ2n) is 4.75. The zero-order valence-corrected chi connectivity index (χ0v) is 13.0. The summed E-state index contributed by atoms with van der Waals surface area (Å²) in [5, 5.41) is 8.96. The van der Waals surface area contributed by atoms with Crippen molar-refractivity contribution in [2.24, 2.45) is 0 Å². The Morgan fingerprint density at radius 3 is 2.74 bits per heavy atom. The van der Waals surface area contributed by atoms with Crippen molar-refractivity contribution in [1.82, 2.24) is 20.1 Å². The van der Waals surface area contributed by atoms with E-state index in [0.717, 1.165) is 5.56 Å². The van der Waals surface area contributed by atoms with Crippen LogP contribution in [0.4, 0.5) is 0 Å². The molecule has 6 nitrogen and oxygen atoms in total. The molecule has 1 amide bonds. The molecule has 0 spiro atoms. The van der Waals surface area contributed by atoms with Crippen molar-refractivity contribution >= 4 is 17.2 Å². The molecule has 0 saturated heterocycles. The van der Waals surface area contributed by atoms with E-state index in [1.54, 1.807) is 24.5 Å². The second kappa shape index (κ2) is 6.97. The molecule has 0 radical (unpaired) electrons. The minimum atomic E-state index is -0.201. The summed E-state index contributed by atoms with van der Waals surface area (Å²) in [7, 11) is 0. The summed E-state index contributed by atoms with van der Waals surface area (Å²) in [6.45, 7) is 0.651. The van der Waals surface area contributed by atoms with E-state index < -0.39 is 0 Å². The van der Waals surface area contributed by atoms with E-state index >= 15 is 0 Å². The summed E-state index contributed by atoms with van der Waals surface area (Å²) in [4.78, 5) is 28.3. The van der Waals surface area contributed by atoms with Crippen LogP contribution in [0.1, 0.15) is 9.67 Å². The summed E-state index contributed by atoms with van der Waals surface area (Å²) < 4.78 is 1.35. The summed E-state index contributed by atoms with van der Waals surface area (Å²) in [5.74, 6) is -0.140. The van der Waals surface area contributed by atoms with Gasteiger partial charge in [0.1, 0.15) is 0 Å². The van der Waals surface area contributed by atoms with Crippen LogP contribution < -0.4 is 10.9 Å². The first-order valence-corrected chi connectivity index (χ1v) is 7.92. The maximum absolute atomic E-state index is 11.9. The summed E-state index contributed by atoms with van der Waals surface area (Å²) in [6, 6.07) is 10.4. The average molecular weight is 326 g/mol. The van der Waals surface area contributed by atoms with Gasteiger partial charge in [-0.05, 0) is 29.6 Å². The Labute approximate surface area is 136 Å². The first-order valence-electron chi connectivity index (χ1n) is 7.04. The van der Waals surface area contributed by atoms with Crippen LogP contribution in [0.15, 0.2) is 59.0 Å². The Balaban J connectivity index is 1.68. The van der Waals surface area contributed by atoms with E-state index in [-0.39, 0.29) is 11.5 Å². The molecule has 3 rings (SSSR count). The van der Waals surface area contributed by atoms with Gasteiger partial charge in [0.15, 0.2) is 0 Å². The van der Waals surface area contributed by atoms with Crippen molar-refractivity contribution in [2.45, 2.75) is 6.54 Å². The van der Waals surface area contributed by atoms with Crippen LogP contribution in [0.5, 0.6) is 0 Å². The number of carbonyl (C=O) groups excluding carboxylic acids is 1. The Morgan fingerprint density at radius 2 is 2.00 bits per heavy atom. The highest BCUT2D eigenvalue weighted by atomic mass is 32.1. The van der Waals surface area contributed by atoms with Gasteiger partial charge in [-0.25, -0.2) is 4.68 Å². The lowest BCUT2D eigenvalue weighted by molar-refractivity contribution is 0.0956. The highest BCUT2D eigenvalue weighted by Gasteiger charge is 2.07. The van der Waals surface area contributed by atoms with Crippen LogP contribution in [0.2, 0.25) is 0 Å². The second-order valence-corrected chi connectivity index (χ2v) is 5.70. The van der Waals surface area contributed by atoms with Gasteiger partial charge >= 0.3 is 0 Å². The third-order valence-corrected chi connectivity index (χ3v) is 4.07. The van der Waals surface area contributed by atoms with E-state index in [0.29, 0.717) is 23.7 Å². The molecule has 0 atom stereocenters. The molecule has 3 heterocycles. The van der Waals surface area contributed by atoms with E-state index in [9.17, 15) is 9.59 Å². The average Bonchev–Trinajstić information content (AvgIpc) is 3.12. The van der Waals surface area contributed by atoms with Crippen molar-refractivity contribution in [1.29, 1.82) is 0 Å². The number of hydrogen-bond donors (Lipinski definition) is 1. The van der Waals surface area contributed by atoms with Gasteiger partial charge in [0.2, 0.25) is 0 Å². The Kier molecular flexibility index (Phi) is 4.58. The number of amides is 1. The molecule has 3 aromatic heterocycles. The number of hydrogen-bond acceptors (Lipinski definition) is 5. The predicted molar refractivity (Wildman–Crippen MR) is 88.4 cm³/mol. The fourth-order valence-corrected chi connectivity index (χ4v) is 2.70. The third kappa shape index (κ3) is 3.70. The molecule has 1 N–H and O–H groups in total. The predicted octanol–water partition coefficient (Wildman–Crippen LogP) is 1.80. The van der Waals surface area contributed by atoms with E-state index in [4.69, 9.17) is 0 Å². The quantitative estimate of drug-likeness (QED) is 0.775. The zero-order valence-electron chi connectivity index (χ0n) is 12.2. The molecule has 0 fully saturated rings. The molecule has 0 aliphatic heterocycles. The number of nitrogens with one attached hydrogen (secondary N) is 1. The molecule has 3 aromatic rings. The number of nitrogens with zero attached hydrogens (tertiary/aromatic N) is 3. The Hall–Kier alpha value is -2.80. The molecular weight excluding hydrogens is 312 g/mol. The van der Waals surface area contributed by atoms with Gasteiger partial charge in [-0.15, -0.1) is 11.3 Å².